The molecule has 0 spiro atoms. The minimum Gasteiger partial charge on any atom is -0.315 e. The van der Waals surface area contributed by atoms with Gasteiger partial charge in [-0.05, 0) is 54.5 Å². The van der Waals surface area contributed by atoms with Gasteiger partial charge in [0.25, 0.3) is 0 Å². The molecule has 0 heterocycles. The van der Waals surface area contributed by atoms with Crippen LogP contribution in [0.3, 0.4) is 0 Å². The van der Waals surface area contributed by atoms with Crippen LogP contribution in [0, 0.1) is 0 Å². The van der Waals surface area contributed by atoms with E-state index >= 15 is 0 Å². The predicted molar refractivity (Wildman–Crippen MR) is 91.8 cm³/mol. The minimum absolute atomic E-state index is 1.16. The van der Waals surface area contributed by atoms with Crippen LogP contribution in [0.1, 0.15) is 85.0 Å². The summed E-state index contributed by atoms with van der Waals surface area (Å²) in [5.41, 5.74) is 1.16. The monoisotopic (exact) mass is 334 g/mol. The van der Waals surface area contributed by atoms with Crippen molar-refractivity contribution in [2.24, 2.45) is 0 Å². The Bertz CT molecular complexity index is 172. The highest BCUT2D eigenvalue weighted by atomic mass is 79.9. The van der Waals surface area contributed by atoms with Crippen LogP contribution in [0.2, 0.25) is 0 Å². The van der Waals surface area contributed by atoms with Crippen molar-refractivity contribution < 1.29 is 4.48 Å². The van der Waals surface area contributed by atoms with E-state index in [1.54, 1.807) is 0 Å². The van der Waals surface area contributed by atoms with Crippen LogP contribution in [0.25, 0.3) is 0 Å². The van der Waals surface area contributed by atoms with E-state index in [-0.39, 0.29) is 0 Å². The Morgan fingerprint density at radius 1 is 0.579 bits per heavy atom. The van der Waals surface area contributed by atoms with Crippen molar-refractivity contribution in [3.05, 3.63) is 0 Å². The van der Waals surface area contributed by atoms with Crippen LogP contribution in [-0.4, -0.2) is 29.6 Å². The lowest BCUT2D eigenvalue weighted by atomic mass is 10.1. The van der Waals surface area contributed by atoms with Crippen LogP contribution < -0.4 is 0 Å². The Hall–Kier alpha value is 0.440. The van der Waals surface area contributed by atoms with Gasteiger partial charge < -0.3 is 4.48 Å². The highest BCUT2D eigenvalue weighted by Crippen LogP contribution is 2.18. The van der Waals surface area contributed by atoms with Gasteiger partial charge in [-0.25, -0.2) is 0 Å². The van der Waals surface area contributed by atoms with Crippen molar-refractivity contribution in [2.75, 3.05) is 25.1 Å². The Morgan fingerprint density at radius 2 is 0.947 bits per heavy atom. The van der Waals surface area contributed by atoms with Crippen molar-refractivity contribution in [2.45, 2.75) is 85.0 Å². The topological polar surface area (TPSA) is 0 Å². The maximum absolute atomic E-state index is 3.82. The van der Waals surface area contributed by atoms with Crippen molar-refractivity contribution >= 4 is 15.9 Å². The lowest BCUT2D eigenvalue weighted by Crippen LogP contribution is -2.49. The maximum atomic E-state index is 3.82. The number of hydrogen-bond acceptors (Lipinski definition) is 0. The average Bonchev–Trinajstić information content (AvgIpc) is 2.43. The molecule has 0 amide bonds. The molecule has 0 fully saturated rings. The van der Waals surface area contributed by atoms with Crippen LogP contribution in [-0.2, 0) is 0 Å². The standard InChI is InChI=1S/C17H37BrN/c1-4-7-10-13-16-19(17-18,14-11-8-5-2)15-12-9-6-3/h4-17H2,1-3H3/q+1. The van der Waals surface area contributed by atoms with Crippen LogP contribution in [0.5, 0.6) is 0 Å². The van der Waals surface area contributed by atoms with Crippen molar-refractivity contribution in [3.8, 4) is 0 Å². The Balaban J connectivity index is 4.20. The molecule has 0 unspecified atom stereocenters. The fourth-order valence-electron chi connectivity index (χ4n) is 2.78. The number of quaternary nitrogens is 1. The maximum Gasteiger partial charge on any atom is 0.134 e. The summed E-state index contributed by atoms with van der Waals surface area (Å²) in [5, 5.41) is 0. The summed E-state index contributed by atoms with van der Waals surface area (Å²) in [7, 11) is 0. The Labute approximate surface area is 130 Å². The molecule has 0 radical (unpaired) electrons. The first-order valence-electron chi connectivity index (χ1n) is 8.65. The summed E-state index contributed by atoms with van der Waals surface area (Å²) >= 11 is 3.82. The first-order valence-corrected chi connectivity index (χ1v) is 9.77. The smallest absolute Gasteiger partial charge is 0.134 e. The molecule has 0 aliphatic heterocycles. The highest BCUT2D eigenvalue weighted by molar-refractivity contribution is 9.09. The molecule has 0 rings (SSSR count). The lowest BCUT2D eigenvalue weighted by Gasteiger charge is -2.37. The second-order valence-corrected chi connectivity index (χ2v) is 6.61. The molecule has 0 aromatic rings. The molecular weight excluding hydrogens is 298 g/mol. The van der Waals surface area contributed by atoms with Gasteiger partial charge in [0, 0.05) is 0 Å². The van der Waals surface area contributed by atoms with Crippen molar-refractivity contribution in [3.63, 3.8) is 0 Å². The summed E-state index contributed by atoms with van der Waals surface area (Å²) < 4.78 is 1.32. The summed E-state index contributed by atoms with van der Waals surface area (Å²) in [5.74, 6) is 0. The van der Waals surface area contributed by atoms with Gasteiger partial charge in [-0.2, -0.15) is 0 Å². The summed E-state index contributed by atoms with van der Waals surface area (Å²) in [6.45, 7) is 11.1. The molecule has 0 aromatic heterocycles. The van der Waals surface area contributed by atoms with E-state index in [2.05, 4.69) is 36.7 Å². The van der Waals surface area contributed by atoms with E-state index in [0.717, 1.165) is 5.45 Å². The van der Waals surface area contributed by atoms with E-state index in [0.29, 0.717) is 0 Å². The zero-order valence-corrected chi connectivity index (χ0v) is 15.3. The van der Waals surface area contributed by atoms with Gasteiger partial charge in [0.1, 0.15) is 5.45 Å². The van der Waals surface area contributed by atoms with E-state index < -0.39 is 0 Å². The lowest BCUT2D eigenvalue weighted by molar-refractivity contribution is -0.916. The molecule has 116 valence electrons. The van der Waals surface area contributed by atoms with Gasteiger partial charge >= 0.3 is 0 Å². The Kier molecular flexibility index (Phi) is 13.7. The highest BCUT2D eigenvalue weighted by Gasteiger charge is 2.24. The average molecular weight is 335 g/mol. The molecular formula is C17H37BrN+. The molecule has 0 aromatic carbocycles. The number of alkyl halides is 1. The van der Waals surface area contributed by atoms with Crippen molar-refractivity contribution in [1.82, 2.24) is 0 Å². The second-order valence-electron chi connectivity index (χ2n) is 6.11. The number of halogens is 1. The molecule has 2 heteroatoms. The minimum atomic E-state index is 1.16. The SMILES string of the molecule is CCCCCC[N+](CBr)(CCCCC)CCCCC. The molecule has 0 bridgehead atoms. The largest absolute Gasteiger partial charge is 0.315 e. The third-order valence-electron chi connectivity index (χ3n) is 4.21. The molecule has 0 saturated heterocycles. The summed E-state index contributed by atoms with van der Waals surface area (Å²) in [6.07, 6.45) is 13.9. The third kappa shape index (κ3) is 9.90. The van der Waals surface area contributed by atoms with Crippen LogP contribution in [0.15, 0.2) is 0 Å². The van der Waals surface area contributed by atoms with Crippen molar-refractivity contribution in [1.29, 1.82) is 0 Å². The van der Waals surface area contributed by atoms with E-state index in [1.807, 2.05) is 0 Å². The molecule has 0 atom stereocenters. The van der Waals surface area contributed by atoms with Crippen LogP contribution in [0.4, 0.5) is 0 Å². The number of unbranched alkanes of at least 4 members (excludes halogenated alkanes) is 7. The Morgan fingerprint density at radius 3 is 1.32 bits per heavy atom. The third-order valence-corrected chi connectivity index (χ3v) is 5.28. The second kappa shape index (κ2) is 13.4. The zero-order chi connectivity index (χ0) is 14.4. The number of rotatable bonds is 14. The van der Waals surface area contributed by atoms with Gasteiger partial charge in [-0.1, -0.05) is 46.5 Å². The number of nitrogens with zero attached hydrogens (tertiary/aromatic N) is 1. The van der Waals surface area contributed by atoms with E-state index in [9.17, 15) is 0 Å². The van der Waals surface area contributed by atoms with Crippen LogP contribution >= 0.6 is 15.9 Å². The van der Waals surface area contributed by atoms with Gasteiger partial charge in [0.15, 0.2) is 0 Å². The van der Waals surface area contributed by atoms with E-state index in [1.165, 1.54) is 88.3 Å². The normalized spacial score (nSPS) is 12.0. The fourth-order valence-corrected chi connectivity index (χ4v) is 3.54. The summed E-state index contributed by atoms with van der Waals surface area (Å²) in [6, 6.07) is 0. The van der Waals surface area contributed by atoms with E-state index in [4.69, 9.17) is 0 Å². The summed E-state index contributed by atoms with van der Waals surface area (Å²) in [4.78, 5) is 0. The number of hydrogen-bond donors (Lipinski definition) is 0. The van der Waals surface area contributed by atoms with Gasteiger partial charge in [0.05, 0.1) is 19.6 Å². The van der Waals surface area contributed by atoms with Gasteiger partial charge in [-0.15, -0.1) is 0 Å². The molecule has 0 aliphatic rings. The zero-order valence-electron chi connectivity index (χ0n) is 13.7. The molecule has 0 N–H and O–H groups in total. The first kappa shape index (κ1) is 19.4. The molecule has 1 nitrogen and oxygen atoms in total. The van der Waals surface area contributed by atoms with Gasteiger partial charge in [0.2, 0.25) is 0 Å². The van der Waals surface area contributed by atoms with Gasteiger partial charge in [-0.3, -0.25) is 0 Å². The molecule has 19 heavy (non-hydrogen) atoms. The first-order chi connectivity index (χ1) is 9.24. The molecule has 0 aliphatic carbocycles. The fraction of sp³-hybridized carbons (Fsp3) is 1.00. The molecule has 0 saturated carbocycles. The quantitative estimate of drug-likeness (QED) is 0.155. The predicted octanol–water partition coefficient (Wildman–Crippen LogP) is 6.12.